The third-order valence-electron chi connectivity index (χ3n) is 3.19. The van der Waals surface area contributed by atoms with Crippen LogP contribution in [0.3, 0.4) is 0 Å². The molecule has 4 aromatic rings. The minimum absolute atomic E-state index is 0.0951. The first-order valence-electron chi connectivity index (χ1n) is 6.03. The van der Waals surface area contributed by atoms with Crippen LogP contribution in [0.4, 0.5) is 0 Å². The summed E-state index contributed by atoms with van der Waals surface area (Å²) in [5.74, 6) is 0.373. The van der Waals surface area contributed by atoms with Gasteiger partial charge in [0.1, 0.15) is 11.2 Å². The zero-order valence-corrected chi connectivity index (χ0v) is 10.2. The molecular formula is C14H8N4O2. The summed E-state index contributed by atoms with van der Waals surface area (Å²) in [6.07, 6.45) is 0. The van der Waals surface area contributed by atoms with Crippen molar-refractivity contribution in [2.75, 3.05) is 0 Å². The molecule has 2 aromatic carbocycles. The fourth-order valence-corrected chi connectivity index (χ4v) is 2.31. The lowest BCUT2D eigenvalue weighted by Gasteiger charge is -2.03. The number of tetrazole rings is 1. The van der Waals surface area contributed by atoms with Gasteiger partial charge in [0.05, 0.1) is 10.8 Å². The van der Waals surface area contributed by atoms with Crippen LogP contribution in [-0.4, -0.2) is 20.6 Å². The summed E-state index contributed by atoms with van der Waals surface area (Å²) in [6, 6.07) is 12.5. The molecule has 2 aromatic heterocycles. The third-order valence-corrected chi connectivity index (χ3v) is 3.19. The Hall–Kier alpha value is -3.02. The maximum absolute atomic E-state index is 12.7. The third kappa shape index (κ3) is 1.45. The fourth-order valence-electron chi connectivity index (χ4n) is 2.31. The van der Waals surface area contributed by atoms with Gasteiger partial charge in [0, 0.05) is 5.56 Å². The van der Waals surface area contributed by atoms with E-state index in [1.54, 1.807) is 30.3 Å². The van der Waals surface area contributed by atoms with E-state index in [-0.39, 0.29) is 5.43 Å². The lowest BCUT2D eigenvalue weighted by atomic mass is 10.1. The predicted octanol–water partition coefficient (Wildman–Crippen LogP) is 2.13. The van der Waals surface area contributed by atoms with Crippen LogP contribution in [0.15, 0.2) is 51.7 Å². The summed E-state index contributed by atoms with van der Waals surface area (Å²) in [6.45, 7) is 0. The Bertz CT molecular complexity index is 973. The molecule has 4 rings (SSSR count). The number of rotatable bonds is 1. The number of para-hydroxylation sites is 1. The number of fused-ring (bicyclic) bond motifs is 2. The van der Waals surface area contributed by atoms with Crippen molar-refractivity contribution in [2.24, 2.45) is 0 Å². The second-order valence-electron chi connectivity index (χ2n) is 4.34. The number of hydrogen-bond donors (Lipinski definition) is 1. The molecule has 0 aliphatic rings. The molecule has 0 saturated heterocycles. The summed E-state index contributed by atoms with van der Waals surface area (Å²) in [4.78, 5) is 12.7. The number of aromatic amines is 1. The largest absolute Gasteiger partial charge is 0.456 e. The Labute approximate surface area is 112 Å². The van der Waals surface area contributed by atoms with Gasteiger partial charge in [-0.2, -0.15) is 5.21 Å². The number of benzene rings is 2. The highest BCUT2D eigenvalue weighted by Crippen LogP contribution is 2.25. The number of hydrogen-bond acceptors (Lipinski definition) is 5. The summed E-state index contributed by atoms with van der Waals surface area (Å²) in [7, 11) is 0. The molecule has 0 radical (unpaired) electrons. The Kier molecular flexibility index (Phi) is 2.17. The van der Waals surface area contributed by atoms with Gasteiger partial charge < -0.3 is 4.42 Å². The maximum Gasteiger partial charge on any atom is 0.205 e. The summed E-state index contributed by atoms with van der Waals surface area (Å²) >= 11 is 0. The van der Waals surface area contributed by atoms with E-state index < -0.39 is 0 Å². The van der Waals surface area contributed by atoms with Crippen LogP contribution in [0.25, 0.3) is 33.3 Å². The zero-order chi connectivity index (χ0) is 13.5. The van der Waals surface area contributed by atoms with Crippen molar-refractivity contribution in [3.8, 4) is 11.4 Å². The number of nitrogens with zero attached hydrogens (tertiary/aromatic N) is 3. The molecule has 2 heterocycles. The minimum atomic E-state index is -0.0951. The van der Waals surface area contributed by atoms with Crippen molar-refractivity contribution < 1.29 is 4.42 Å². The summed E-state index contributed by atoms with van der Waals surface area (Å²) in [5, 5.41) is 14.8. The normalized spacial score (nSPS) is 11.2. The molecule has 1 N–H and O–H groups in total. The quantitative estimate of drug-likeness (QED) is 0.532. The Morgan fingerprint density at radius 3 is 2.70 bits per heavy atom. The van der Waals surface area contributed by atoms with Crippen molar-refractivity contribution >= 4 is 21.9 Å². The van der Waals surface area contributed by atoms with Crippen LogP contribution >= 0.6 is 0 Å². The summed E-state index contributed by atoms with van der Waals surface area (Å²) in [5.41, 5.74) is 1.59. The number of H-pyrrole nitrogens is 1. The van der Waals surface area contributed by atoms with Crippen LogP contribution in [0.2, 0.25) is 0 Å². The van der Waals surface area contributed by atoms with Gasteiger partial charge in [-0.3, -0.25) is 4.79 Å². The molecule has 0 unspecified atom stereocenters. The first-order chi connectivity index (χ1) is 9.84. The lowest BCUT2D eigenvalue weighted by Crippen LogP contribution is -2.04. The molecule has 0 aliphatic heterocycles. The van der Waals surface area contributed by atoms with Crippen LogP contribution in [0, 0.1) is 0 Å². The molecule has 0 atom stereocenters. The molecule has 0 fully saturated rings. The average molecular weight is 264 g/mol. The van der Waals surface area contributed by atoms with E-state index in [2.05, 4.69) is 20.6 Å². The minimum Gasteiger partial charge on any atom is -0.456 e. The predicted molar refractivity (Wildman–Crippen MR) is 73.2 cm³/mol. The summed E-state index contributed by atoms with van der Waals surface area (Å²) < 4.78 is 5.78. The molecule has 0 saturated carbocycles. The van der Waals surface area contributed by atoms with E-state index in [1.165, 1.54) is 0 Å². The van der Waals surface area contributed by atoms with E-state index in [0.29, 0.717) is 33.3 Å². The van der Waals surface area contributed by atoms with E-state index in [4.69, 9.17) is 4.42 Å². The van der Waals surface area contributed by atoms with Gasteiger partial charge >= 0.3 is 0 Å². The second kappa shape index (κ2) is 3.99. The smallest absolute Gasteiger partial charge is 0.205 e. The van der Waals surface area contributed by atoms with Crippen LogP contribution < -0.4 is 5.43 Å². The Morgan fingerprint density at radius 2 is 1.85 bits per heavy atom. The van der Waals surface area contributed by atoms with Crippen molar-refractivity contribution in [1.82, 2.24) is 20.6 Å². The average Bonchev–Trinajstić information content (AvgIpc) is 3.01. The molecular weight excluding hydrogens is 256 g/mol. The molecule has 0 aliphatic carbocycles. The molecule has 0 spiro atoms. The van der Waals surface area contributed by atoms with Gasteiger partial charge in [0.2, 0.25) is 11.3 Å². The van der Waals surface area contributed by atoms with Crippen molar-refractivity contribution in [1.29, 1.82) is 0 Å². The van der Waals surface area contributed by atoms with Gasteiger partial charge in [-0.15, -0.1) is 10.2 Å². The first-order valence-corrected chi connectivity index (χ1v) is 6.03. The second-order valence-corrected chi connectivity index (χ2v) is 4.34. The topological polar surface area (TPSA) is 84.7 Å². The highest BCUT2D eigenvalue weighted by atomic mass is 16.3. The van der Waals surface area contributed by atoms with E-state index in [0.717, 1.165) is 0 Å². The SMILES string of the molecule is O=c1c2ccccc2oc2cccc(-c3nn[nH]n3)c12. The van der Waals surface area contributed by atoms with E-state index in [1.807, 2.05) is 12.1 Å². The van der Waals surface area contributed by atoms with Crippen molar-refractivity contribution in [2.45, 2.75) is 0 Å². The van der Waals surface area contributed by atoms with Gasteiger partial charge in [0.15, 0.2) is 0 Å². The Balaban J connectivity index is 2.23. The number of aromatic nitrogens is 4. The van der Waals surface area contributed by atoms with Crippen LogP contribution in [0.1, 0.15) is 0 Å². The van der Waals surface area contributed by atoms with Crippen LogP contribution in [-0.2, 0) is 0 Å². The fraction of sp³-hybridized carbons (Fsp3) is 0. The van der Waals surface area contributed by atoms with Gasteiger partial charge in [0.25, 0.3) is 0 Å². The van der Waals surface area contributed by atoms with E-state index in [9.17, 15) is 4.79 Å². The van der Waals surface area contributed by atoms with Gasteiger partial charge in [-0.25, -0.2) is 0 Å². The Morgan fingerprint density at radius 1 is 1.00 bits per heavy atom. The highest BCUT2D eigenvalue weighted by Gasteiger charge is 2.14. The molecule has 6 nitrogen and oxygen atoms in total. The molecule has 0 amide bonds. The van der Waals surface area contributed by atoms with Crippen molar-refractivity contribution in [3.63, 3.8) is 0 Å². The van der Waals surface area contributed by atoms with Gasteiger partial charge in [-0.05, 0) is 23.4 Å². The van der Waals surface area contributed by atoms with Gasteiger partial charge in [-0.1, -0.05) is 24.3 Å². The first kappa shape index (κ1) is 10.9. The highest BCUT2D eigenvalue weighted by molar-refractivity contribution is 5.97. The lowest BCUT2D eigenvalue weighted by molar-refractivity contribution is 0.660. The standard InChI is InChI=1S/C14H8N4O2/c19-13-8-4-1-2-6-10(8)20-11-7-3-5-9(12(11)13)14-15-17-18-16-14/h1-7H,(H,15,16,17,18). The molecule has 20 heavy (non-hydrogen) atoms. The molecule has 0 bridgehead atoms. The molecule has 96 valence electrons. The van der Waals surface area contributed by atoms with E-state index >= 15 is 0 Å². The van der Waals surface area contributed by atoms with Crippen LogP contribution in [0.5, 0.6) is 0 Å². The molecule has 6 heteroatoms. The maximum atomic E-state index is 12.7. The zero-order valence-electron chi connectivity index (χ0n) is 10.2. The monoisotopic (exact) mass is 264 g/mol. The number of nitrogens with one attached hydrogen (secondary N) is 1. The van der Waals surface area contributed by atoms with Crippen molar-refractivity contribution in [3.05, 3.63) is 52.7 Å².